The smallest absolute Gasteiger partial charge is 0.211 e. The number of para-hydroxylation sites is 1. The van der Waals surface area contributed by atoms with Crippen molar-refractivity contribution in [3.8, 4) is 17.0 Å². The number of fused-ring (bicyclic) bond motifs is 2. The number of benzene rings is 1. The van der Waals surface area contributed by atoms with Gasteiger partial charge in [0.05, 0.1) is 17.6 Å². The predicted molar refractivity (Wildman–Crippen MR) is 99.3 cm³/mol. The lowest BCUT2D eigenvalue weighted by atomic mass is 10.1. The number of rotatable bonds is 3. The van der Waals surface area contributed by atoms with Gasteiger partial charge in [0, 0.05) is 30.7 Å². The number of hydrogen-bond acceptors (Lipinski definition) is 7. The zero-order valence-electron chi connectivity index (χ0n) is 14.4. The van der Waals surface area contributed by atoms with Crippen molar-refractivity contribution in [3.05, 3.63) is 30.3 Å². The average Bonchev–Trinajstić information content (AvgIpc) is 2.88. The molecule has 26 heavy (non-hydrogen) atoms. The van der Waals surface area contributed by atoms with E-state index >= 15 is 0 Å². The minimum absolute atomic E-state index is 0.0510. The van der Waals surface area contributed by atoms with Gasteiger partial charge in [-0.15, -0.1) is 10.2 Å². The molecule has 0 aliphatic carbocycles. The number of aromatic nitrogens is 2. The van der Waals surface area contributed by atoms with Crippen LogP contribution in [0.4, 0.5) is 11.5 Å². The third kappa shape index (κ3) is 2.86. The summed E-state index contributed by atoms with van der Waals surface area (Å²) < 4.78 is 25.8. The fourth-order valence-electron chi connectivity index (χ4n) is 4.07. The Morgan fingerprint density at radius 1 is 1.15 bits per heavy atom. The molecule has 138 valence electrons. The predicted octanol–water partition coefficient (Wildman–Crippen LogP) is 1.04. The first kappa shape index (κ1) is 17.0. The van der Waals surface area contributed by atoms with Gasteiger partial charge in [0.2, 0.25) is 10.0 Å². The Morgan fingerprint density at radius 2 is 1.81 bits per heavy atom. The highest BCUT2D eigenvalue weighted by atomic mass is 32.2. The molecule has 0 radical (unpaired) electrons. The Labute approximate surface area is 152 Å². The second-order valence-corrected chi connectivity index (χ2v) is 8.79. The number of anilines is 2. The topological polar surface area (TPSA) is 113 Å². The molecule has 2 fully saturated rings. The Bertz CT molecular complexity index is 935. The van der Waals surface area contributed by atoms with Crippen molar-refractivity contribution in [2.45, 2.75) is 24.9 Å². The van der Waals surface area contributed by atoms with E-state index in [9.17, 15) is 13.5 Å². The molecule has 2 aromatic rings. The van der Waals surface area contributed by atoms with E-state index in [0.29, 0.717) is 30.2 Å². The zero-order chi connectivity index (χ0) is 18.5. The van der Waals surface area contributed by atoms with Gasteiger partial charge < -0.3 is 15.7 Å². The lowest BCUT2D eigenvalue weighted by molar-refractivity contribution is 0.288. The van der Waals surface area contributed by atoms with Gasteiger partial charge in [0.15, 0.2) is 5.82 Å². The van der Waals surface area contributed by atoms with Crippen molar-refractivity contribution >= 4 is 21.5 Å². The summed E-state index contributed by atoms with van der Waals surface area (Å²) in [6.07, 6.45) is 2.96. The minimum Gasteiger partial charge on any atom is -0.507 e. The quantitative estimate of drug-likeness (QED) is 0.824. The first-order valence-corrected chi connectivity index (χ1v) is 10.3. The van der Waals surface area contributed by atoms with Gasteiger partial charge in [-0.25, -0.2) is 8.42 Å². The van der Waals surface area contributed by atoms with Crippen molar-refractivity contribution in [2.24, 2.45) is 0 Å². The van der Waals surface area contributed by atoms with Gasteiger partial charge in [0.1, 0.15) is 5.75 Å². The summed E-state index contributed by atoms with van der Waals surface area (Å²) in [5, 5.41) is 18.2. The molecular weight excluding hydrogens is 354 g/mol. The van der Waals surface area contributed by atoms with Crippen LogP contribution in [-0.2, 0) is 10.0 Å². The first-order chi connectivity index (χ1) is 12.3. The monoisotopic (exact) mass is 375 g/mol. The van der Waals surface area contributed by atoms with E-state index < -0.39 is 10.0 Å². The van der Waals surface area contributed by atoms with E-state index in [4.69, 9.17) is 5.73 Å². The van der Waals surface area contributed by atoms with E-state index in [2.05, 4.69) is 15.1 Å². The molecule has 0 amide bonds. The number of nitrogen functional groups attached to an aromatic ring is 1. The molecule has 1 aromatic heterocycles. The summed E-state index contributed by atoms with van der Waals surface area (Å²) >= 11 is 0. The maximum Gasteiger partial charge on any atom is 0.211 e. The van der Waals surface area contributed by atoms with Gasteiger partial charge in [-0.05, 0) is 31.0 Å². The van der Waals surface area contributed by atoms with Crippen LogP contribution in [-0.4, -0.2) is 59.5 Å². The molecule has 2 saturated heterocycles. The highest BCUT2D eigenvalue weighted by molar-refractivity contribution is 7.88. The van der Waals surface area contributed by atoms with E-state index in [1.165, 1.54) is 6.26 Å². The fourth-order valence-corrected chi connectivity index (χ4v) is 5.50. The third-order valence-electron chi connectivity index (χ3n) is 5.12. The third-order valence-corrected chi connectivity index (χ3v) is 6.48. The molecule has 0 saturated carbocycles. The summed E-state index contributed by atoms with van der Waals surface area (Å²) in [5.74, 6) is 0.427. The molecule has 2 aliphatic heterocycles. The second kappa shape index (κ2) is 6.10. The Morgan fingerprint density at radius 3 is 2.42 bits per heavy atom. The van der Waals surface area contributed by atoms with E-state index in [1.807, 2.05) is 12.1 Å². The van der Waals surface area contributed by atoms with Gasteiger partial charge >= 0.3 is 0 Å². The van der Waals surface area contributed by atoms with Gasteiger partial charge in [0.25, 0.3) is 0 Å². The van der Waals surface area contributed by atoms with Crippen molar-refractivity contribution in [1.29, 1.82) is 0 Å². The van der Waals surface area contributed by atoms with Crippen LogP contribution in [0.15, 0.2) is 30.3 Å². The van der Waals surface area contributed by atoms with E-state index in [-0.39, 0.29) is 17.8 Å². The molecule has 3 N–H and O–H groups in total. The van der Waals surface area contributed by atoms with Crippen LogP contribution in [0, 0.1) is 0 Å². The summed E-state index contributed by atoms with van der Waals surface area (Å²) in [6.45, 7) is 1.14. The molecule has 2 bridgehead atoms. The van der Waals surface area contributed by atoms with Crippen LogP contribution in [0.3, 0.4) is 0 Å². The van der Waals surface area contributed by atoms with E-state index in [0.717, 1.165) is 18.5 Å². The SMILES string of the molecule is CS(=O)(=O)N1C2CCC1CN(c1cc(-c3ccccc3O)nnc1N)C2. The van der Waals surface area contributed by atoms with Gasteiger partial charge in [-0.3, -0.25) is 0 Å². The molecule has 3 heterocycles. The highest BCUT2D eigenvalue weighted by Crippen LogP contribution is 2.37. The summed E-state index contributed by atoms with van der Waals surface area (Å²) in [4.78, 5) is 2.08. The highest BCUT2D eigenvalue weighted by Gasteiger charge is 2.45. The number of nitrogens with two attached hydrogens (primary N) is 1. The van der Waals surface area contributed by atoms with Crippen LogP contribution < -0.4 is 10.6 Å². The molecular formula is C17H21N5O3S. The number of phenolic OH excluding ortho intramolecular Hbond substituents is 1. The first-order valence-electron chi connectivity index (χ1n) is 8.49. The zero-order valence-corrected chi connectivity index (χ0v) is 15.2. The largest absolute Gasteiger partial charge is 0.507 e. The Hall–Kier alpha value is -2.39. The number of phenols is 1. The summed E-state index contributed by atoms with van der Waals surface area (Å²) in [5.41, 5.74) is 7.90. The Kier molecular flexibility index (Phi) is 4.00. The van der Waals surface area contributed by atoms with Crippen molar-refractivity contribution in [3.63, 3.8) is 0 Å². The molecule has 2 unspecified atom stereocenters. The van der Waals surface area contributed by atoms with Crippen LogP contribution in [0.5, 0.6) is 5.75 Å². The molecule has 9 heteroatoms. The normalized spacial score (nSPS) is 23.3. The van der Waals surface area contributed by atoms with E-state index in [1.54, 1.807) is 22.5 Å². The second-order valence-electron chi connectivity index (χ2n) is 6.90. The maximum atomic E-state index is 12.1. The van der Waals surface area contributed by atoms with Crippen molar-refractivity contribution < 1.29 is 13.5 Å². The van der Waals surface area contributed by atoms with Gasteiger partial charge in [-0.2, -0.15) is 4.31 Å². The molecule has 0 spiro atoms. The summed E-state index contributed by atoms with van der Waals surface area (Å²) in [7, 11) is -3.22. The Balaban J connectivity index is 1.68. The van der Waals surface area contributed by atoms with Crippen molar-refractivity contribution in [1.82, 2.24) is 14.5 Å². The van der Waals surface area contributed by atoms with Crippen LogP contribution in [0.25, 0.3) is 11.3 Å². The van der Waals surface area contributed by atoms with Crippen LogP contribution in [0.1, 0.15) is 12.8 Å². The number of aromatic hydroxyl groups is 1. The van der Waals surface area contributed by atoms with Crippen LogP contribution in [0.2, 0.25) is 0 Å². The molecule has 2 aliphatic rings. The minimum atomic E-state index is -3.22. The number of sulfonamides is 1. The summed E-state index contributed by atoms with van der Waals surface area (Å²) in [6, 6.07) is 8.63. The molecule has 8 nitrogen and oxygen atoms in total. The molecule has 1 aromatic carbocycles. The number of nitrogens with zero attached hydrogens (tertiary/aromatic N) is 4. The standard InChI is InChI=1S/C17H21N5O3S/c1-26(24,25)22-11-6-7-12(22)10-21(9-11)15-8-14(19-20-17(15)18)13-4-2-3-5-16(13)23/h2-5,8,11-12,23H,6-7,9-10H2,1H3,(H2,18,20). The fraction of sp³-hybridized carbons (Fsp3) is 0.412. The number of piperazine rings is 1. The lowest BCUT2D eigenvalue weighted by Crippen LogP contribution is -2.55. The number of hydrogen-bond donors (Lipinski definition) is 2. The van der Waals surface area contributed by atoms with Crippen molar-refractivity contribution in [2.75, 3.05) is 30.0 Å². The lowest BCUT2D eigenvalue weighted by Gasteiger charge is -2.40. The van der Waals surface area contributed by atoms with Crippen LogP contribution >= 0.6 is 0 Å². The molecule has 2 atom stereocenters. The average molecular weight is 375 g/mol. The van der Waals surface area contributed by atoms with Gasteiger partial charge in [-0.1, -0.05) is 12.1 Å². The molecule has 4 rings (SSSR count). The maximum absolute atomic E-state index is 12.1.